The summed E-state index contributed by atoms with van der Waals surface area (Å²) in [5.74, 6) is 0.718. The first-order valence-electron chi connectivity index (χ1n) is 8.69. The zero-order chi connectivity index (χ0) is 19.2. The van der Waals surface area contributed by atoms with Crippen molar-refractivity contribution in [2.45, 2.75) is 6.42 Å². The molecule has 3 aromatic rings. The van der Waals surface area contributed by atoms with Gasteiger partial charge in [0.25, 0.3) is 5.91 Å². The van der Waals surface area contributed by atoms with Gasteiger partial charge >= 0.3 is 0 Å². The van der Waals surface area contributed by atoms with E-state index in [9.17, 15) is 4.79 Å². The van der Waals surface area contributed by atoms with Crippen LogP contribution in [0.4, 0.5) is 5.13 Å². The van der Waals surface area contributed by atoms with Crippen LogP contribution in [0.3, 0.4) is 0 Å². The number of thiophene rings is 1. The van der Waals surface area contributed by atoms with Gasteiger partial charge in [0.15, 0.2) is 5.13 Å². The standard InChI is InChI=1S/C20H23N3O2S2.ClH/c1-22(2)11-5-12-23(19(24)10-8-16-6-4-13-26-16)20-21-17-14-15(25-3)7-9-18(17)27-20;/h4,6-10,13-14H,5,11-12H2,1-3H3;1H. The molecule has 0 saturated carbocycles. The van der Waals surface area contributed by atoms with Crippen molar-refractivity contribution in [2.24, 2.45) is 0 Å². The van der Waals surface area contributed by atoms with E-state index in [4.69, 9.17) is 4.74 Å². The first kappa shape index (κ1) is 22.4. The normalized spacial score (nSPS) is 11.1. The Labute approximate surface area is 179 Å². The largest absolute Gasteiger partial charge is 0.497 e. The topological polar surface area (TPSA) is 45.7 Å². The predicted octanol–water partition coefficient (Wildman–Crippen LogP) is 4.79. The zero-order valence-electron chi connectivity index (χ0n) is 16.1. The first-order valence-corrected chi connectivity index (χ1v) is 10.4. The van der Waals surface area contributed by atoms with E-state index in [1.54, 1.807) is 29.4 Å². The van der Waals surface area contributed by atoms with Crippen LogP contribution < -0.4 is 9.64 Å². The van der Waals surface area contributed by atoms with E-state index in [2.05, 4.69) is 9.88 Å². The number of methoxy groups -OCH3 is 1. The van der Waals surface area contributed by atoms with Gasteiger partial charge in [0.05, 0.1) is 17.3 Å². The number of rotatable bonds is 8. The molecule has 0 spiro atoms. The highest BCUT2D eigenvalue weighted by Gasteiger charge is 2.18. The maximum absolute atomic E-state index is 12.9. The van der Waals surface area contributed by atoms with Crippen molar-refractivity contribution < 1.29 is 9.53 Å². The molecule has 2 heterocycles. The van der Waals surface area contributed by atoms with Gasteiger partial charge in [-0.15, -0.1) is 23.7 Å². The molecule has 0 bridgehead atoms. The second kappa shape index (κ2) is 10.6. The van der Waals surface area contributed by atoms with Crippen LogP contribution in [0.15, 0.2) is 41.8 Å². The number of ether oxygens (including phenoxy) is 1. The van der Waals surface area contributed by atoms with E-state index in [0.29, 0.717) is 6.54 Å². The minimum Gasteiger partial charge on any atom is -0.497 e. The number of fused-ring (bicyclic) bond motifs is 1. The van der Waals surface area contributed by atoms with Gasteiger partial charge in [0, 0.05) is 23.6 Å². The first-order chi connectivity index (χ1) is 13.1. The minimum absolute atomic E-state index is 0. The van der Waals surface area contributed by atoms with Gasteiger partial charge in [0.2, 0.25) is 0 Å². The molecule has 0 aliphatic heterocycles. The van der Waals surface area contributed by atoms with Crippen molar-refractivity contribution in [1.82, 2.24) is 9.88 Å². The minimum atomic E-state index is -0.0480. The highest BCUT2D eigenvalue weighted by Crippen LogP contribution is 2.31. The Morgan fingerprint density at radius 3 is 2.75 bits per heavy atom. The van der Waals surface area contributed by atoms with Crippen molar-refractivity contribution >= 4 is 62.4 Å². The summed E-state index contributed by atoms with van der Waals surface area (Å²) in [4.78, 5) is 22.5. The lowest BCUT2D eigenvalue weighted by Crippen LogP contribution is -2.32. The van der Waals surface area contributed by atoms with Crippen molar-refractivity contribution in [3.63, 3.8) is 0 Å². The Balaban J connectivity index is 0.00000280. The summed E-state index contributed by atoms with van der Waals surface area (Å²) in [5, 5.41) is 2.72. The molecular formula is C20H24ClN3O2S2. The van der Waals surface area contributed by atoms with Crippen molar-refractivity contribution in [3.05, 3.63) is 46.7 Å². The number of hydrogen-bond acceptors (Lipinski definition) is 6. The summed E-state index contributed by atoms with van der Waals surface area (Å²) >= 11 is 3.14. The molecule has 28 heavy (non-hydrogen) atoms. The molecule has 5 nitrogen and oxygen atoms in total. The highest BCUT2D eigenvalue weighted by atomic mass is 35.5. The van der Waals surface area contributed by atoms with Crippen LogP contribution in [0.5, 0.6) is 5.75 Å². The predicted molar refractivity (Wildman–Crippen MR) is 122 cm³/mol. The number of anilines is 1. The number of aromatic nitrogens is 1. The fraction of sp³-hybridized carbons (Fsp3) is 0.300. The number of carbonyl (C=O) groups excluding carboxylic acids is 1. The van der Waals surface area contributed by atoms with Gasteiger partial charge in [-0.3, -0.25) is 9.69 Å². The quantitative estimate of drug-likeness (QED) is 0.475. The summed E-state index contributed by atoms with van der Waals surface area (Å²) in [5.41, 5.74) is 0.849. The molecule has 0 fully saturated rings. The molecular weight excluding hydrogens is 414 g/mol. The molecule has 2 aromatic heterocycles. The maximum atomic E-state index is 12.9. The lowest BCUT2D eigenvalue weighted by Gasteiger charge is -2.19. The van der Waals surface area contributed by atoms with E-state index in [-0.39, 0.29) is 18.3 Å². The SMILES string of the molecule is COc1ccc2sc(N(CCCN(C)C)C(=O)C=Cc3cccs3)nc2c1.Cl. The van der Waals surface area contributed by atoms with Gasteiger partial charge in [-0.1, -0.05) is 17.4 Å². The maximum Gasteiger partial charge on any atom is 0.252 e. The Hall–Kier alpha value is -1.93. The number of hydrogen-bond donors (Lipinski definition) is 0. The Morgan fingerprint density at radius 1 is 1.25 bits per heavy atom. The van der Waals surface area contributed by atoms with Crippen LogP contribution in [0, 0.1) is 0 Å². The van der Waals surface area contributed by atoms with Gasteiger partial charge < -0.3 is 9.64 Å². The second-order valence-corrected chi connectivity index (χ2v) is 8.31. The number of carbonyl (C=O) groups is 1. The molecule has 0 saturated heterocycles. The number of nitrogens with zero attached hydrogens (tertiary/aromatic N) is 3. The third-order valence-electron chi connectivity index (χ3n) is 4.00. The third kappa shape index (κ3) is 5.78. The molecule has 1 amide bonds. The molecule has 0 aliphatic carbocycles. The van der Waals surface area contributed by atoms with Crippen LogP contribution in [0.2, 0.25) is 0 Å². The second-order valence-electron chi connectivity index (χ2n) is 6.33. The van der Waals surface area contributed by atoms with Crippen LogP contribution in [0.1, 0.15) is 11.3 Å². The third-order valence-corrected chi connectivity index (χ3v) is 5.90. The molecule has 8 heteroatoms. The fourth-order valence-electron chi connectivity index (χ4n) is 2.61. The number of halogens is 1. The van der Waals surface area contributed by atoms with Crippen molar-refractivity contribution in [1.29, 1.82) is 0 Å². The number of benzene rings is 1. The van der Waals surface area contributed by atoms with Crippen LogP contribution in [-0.2, 0) is 4.79 Å². The lowest BCUT2D eigenvalue weighted by molar-refractivity contribution is -0.114. The van der Waals surface area contributed by atoms with Gasteiger partial charge in [-0.2, -0.15) is 0 Å². The highest BCUT2D eigenvalue weighted by molar-refractivity contribution is 7.22. The zero-order valence-corrected chi connectivity index (χ0v) is 18.6. The summed E-state index contributed by atoms with van der Waals surface area (Å²) < 4.78 is 6.32. The number of thiazole rings is 1. The summed E-state index contributed by atoms with van der Waals surface area (Å²) in [6.07, 6.45) is 4.38. The van der Waals surface area contributed by atoms with Gasteiger partial charge in [0.1, 0.15) is 5.75 Å². The van der Waals surface area contributed by atoms with E-state index in [1.807, 2.05) is 55.9 Å². The average molecular weight is 438 g/mol. The summed E-state index contributed by atoms with van der Waals surface area (Å²) in [6.45, 7) is 1.54. The van der Waals surface area contributed by atoms with Gasteiger partial charge in [-0.25, -0.2) is 4.98 Å². The summed E-state index contributed by atoms with van der Waals surface area (Å²) in [7, 11) is 5.71. The van der Waals surface area contributed by atoms with Crippen LogP contribution in [-0.4, -0.2) is 50.1 Å². The van der Waals surface area contributed by atoms with E-state index < -0.39 is 0 Å². The van der Waals surface area contributed by atoms with E-state index in [0.717, 1.165) is 38.9 Å². The number of amides is 1. The monoisotopic (exact) mass is 437 g/mol. The molecule has 3 rings (SSSR count). The fourth-order valence-corrected chi connectivity index (χ4v) is 4.21. The Bertz CT molecular complexity index is 923. The lowest BCUT2D eigenvalue weighted by atomic mass is 10.3. The summed E-state index contributed by atoms with van der Waals surface area (Å²) in [6, 6.07) is 9.77. The van der Waals surface area contributed by atoms with Gasteiger partial charge in [-0.05, 0) is 56.7 Å². The Kier molecular flexibility index (Phi) is 8.44. The van der Waals surface area contributed by atoms with Crippen molar-refractivity contribution in [3.8, 4) is 5.75 Å². The van der Waals surface area contributed by atoms with Crippen LogP contribution in [0.25, 0.3) is 16.3 Å². The molecule has 1 aromatic carbocycles. The van der Waals surface area contributed by atoms with E-state index >= 15 is 0 Å². The molecule has 0 aliphatic rings. The molecule has 150 valence electrons. The Morgan fingerprint density at radius 2 is 2.07 bits per heavy atom. The molecule has 0 unspecified atom stereocenters. The van der Waals surface area contributed by atoms with Crippen molar-refractivity contribution in [2.75, 3.05) is 39.2 Å². The average Bonchev–Trinajstić information content (AvgIpc) is 3.31. The van der Waals surface area contributed by atoms with Crippen LogP contribution >= 0.6 is 35.1 Å². The van der Waals surface area contributed by atoms with E-state index in [1.165, 1.54) is 11.3 Å². The molecule has 0 radical (unpaired) electrons. The smallest absolute Gasteiger partial charge is 0.252 e. The molecule has 0 N–H and O–H groups in total. The molecule has 0 atom stereocenters.